The lowest BCUT2D eigenvalue weighted by molar-refractivity contribution is 0.0953. The molecule has 1 saturated heterocycles. The van der Waals surface area contributed by atoms with E-state index < -0.39 is 0 Å². The molecule has 1 unspecified atom stereocenters. The van der Waals surface area contributed by atoms with Gasteiger partial charge in [0.05, 0.1) is 29.8 Å². The van der Waals surface area contributed by atoms with Gasteiger partial charge in [-0.1, -0.05) is 23.9 Å². The van der Waals surface area contributed by atoms with Gasteiger partial charge in [-0.25, -0.2) is 0 Å². The maximum Gasteiger partial charge on any atom is 0.192 e. The Labute approximate surface area is 205 Å². The minimum atomic E-state index is 0.120. The highest BCUT2D eigenvalue weighted by Gasteiger charge is 2.23. The summed E-state index contributed by atoms with van der Waals surface area (Å²) in [5.41, 5.74) is 2.92. The van der Waals surface area contributed by atoms with Gasteiger partial charge in [0.2, 0.25) is 0 Å². The molecule has 9 heteroatoms. The molecule has 0 amide bonds. The summed E-state index contributed by atoms with van der Waals surface area (Å²) in [6.07, 6.45) is 2.30. The van der Waals surface area contributed by atoms with Crippen molar-refractivity contribution in [1.29, 1.82) is 0 Å². The summed E-state index contributed by atoms with van der Waals surface area (Å²) in [5.74, 6) is 1.30. The molecular formula is C24H26N4O2S3. The van der Waals surface area contributed by atoms with E-state index in [4.69, 9.17) is 4.74 Å². The van der Waals surface area contributed by atoms with Crippen LogP contribution in [-0.2, 0) is 17.8 Å². The predicted octanol–water partition coefficient (Wildman–Crippen LogP) is 5.69. The molecule has 0 spiro atoms. The first-order valence-electron chi connectivity index (χ1n) is 11.0. The lowest BCUT2D eigenvalue weighted by Crippen LogP contribution is -2.17. The van der Waals surface area contributed by atoms with Crippen molar-refractivity contribution in [3.8, 4) is 10.7 Å². The van der Waals surface area contributed by atoms with E-state index in [9.17, 15) is 4.79 Å². The van der Waals surface area contributed by atoms with Gasteiger partial charge in [0.25, 0.3) is 0 Å². The molecule has 4 aromatic rings. The van der Waals surface area contributed by atoms with Crippen LogP contribution >= 0.6 is 34.4 Å². The molecule has 5 heterocycles. The third-order valence-corrected chi connectivity index (χ3v) is 8.66. The number of rotatable bonds is 9. The molecule has 1 atom stereocenters. The molecule has 0 radical (unpaired) electrons. The first-order valence-corrected chi connectivity index (χ1v) is 13.8. The molecule has 0 aliphatic carbocycles. The van der Waals surface area contributed by atoms with E-state index >= 15 is 0 Å². The Morgan fingerprint density at radius 2 is 2.03 bits per heavy atom. The minimum Gasteiger partial charge on any atom is -0.376 e. The number of hydrogen-bond donors (Lipinski definition) is 0. The van der Waals surface area contributed by atoms with Gasteiger partial charge in [-0.15, -0.1) is 32.9 Å². The number of hydrogen-bond acceptors (Lipinski definition) is 7. The standard InChI is InChI=1S/C24H26N4O2S3/c1-16-12-20(17(2)27(16)14-19-7-4-10-31-19)21(29)15-33-24-26-25-23(22-8-5-11-32-22)28(24)13-18-6-3-9-30-18/h4-5,7-8,10-12,18H,3,6,9,13-15H2,1-2H3. The number of thiophene rings is 2. The zero-order chi connectivity index (χ0) is 22.8. The fourth-order valence-electron chi connectivity index (χ4n) is 4.23. The van der Waals surface area contributed by atoms with E-state index in [0.717, 1.165) is 58.8 Å². The van der Waals surface area contributed by atoms with Crippen LogP contribution in [0.3, 0.4) is 0 Å². The van der Waals surface area contributed by atoms with Crippen molar-refractivity contribution in [2.24, 2.45) is 0 Å². The molecule has 0 bridgehead atoms. The van der Waals surface area contributed by atoms with Crippen molar-refractivity contribution in [3.05, 3.63) is 62.9 Å². The lowest BCUT2D eigenvalue weighted by atomic mass is 10.2. The second kappa shape index (κ2) is 9.97. The van der Waals surface area contributed by atoms with Gasteiger partial charge in [-0.2, -0.15) is 0 Å². The SMILES string of the molecule is Cc1cc(C(=O)CSc2nnc(-c3cccs3)n2CC2CCCO2)c(C)n1Cc1cccs1. The van der Waals surface area contributed by atoms with E-state index in [-0.39, 0.29) is 11.9 Å². The zero-order valence-corrected chi connectivity index (χ0v) is 21.1. The average Bonchev–Trinajstić information content (AvgIpc) is 3.63. The van der Waals surface area contributed by atoms with Gasteiger partial charge in [-0.3, -0.25) is 9.36 Å². The molecule has 5 rings (SSSR count). The van der Waals surface area contributed by atoms with Crippen LogP contribution in [-0.4, -0.2) is 43.6 Å². The summed E-state index contributed by atoms with van der Waals surface area (Å²) in [5, 5.41) is 13.8. The van der Waals surface area contributed by atoms with Crippen LogP contribution in [0.4, 0.5) is 0 Å². The smallest absolute Gasteiger partial charge is 0.192 e. The Morgan fingerprint density at radius 3 is 2.76 bits per heavy atom. The molecule has 4 aromatic heterocycles. The number of ether oxygens (including phenoxy) is 1. The highest BCUT2D eigenvalue weighted by molar-refractivity contribution is 7.99. The van der Waals surface area contributed by atoms with Crippen LogP contribution in [0.5, 0.6) is 0 Å². The van der Waals surface area contributed by atoms with Gasteiger partial charge in [0, 0.05) is 28.4 Å². The molecular weight excluding hydrogens is 472 g/mol. The Hall–Kier alpha value is -2.20. The maximum absolute atomic E-state index is 13.2. The van der Waals surface area contributed by atoms with E-state index in [1.807, 2.05) is 24.4 Å². The fourth-order valence-corrected chi connectivity index (χ4v) is 6.47. The van der Waals surface area contributed by atoms with Gasteiger partial charge in [0.1, 0.15) is 0 Å². The predicted molar refractivity (Wildman–Crippen MR) is 135 cm³/mol. The molecule has 33 heavy (non-hydrogen) atoms. The van der Waals surface area contributed by atoms with Gasteiger partial charge in [-0.05, 0) is 55.6 Å². The van der Waals surface area contributed by atoms with Crippen LogP contribution in [0.15, 0.2) is 46.2 Å². The highest BCUT2D eigenvalue weighted by Crippen LogP contribution is 2.30. The van der Waals surface area contributed by atoms with Crippen LogP contribution in [0, 0.1) is 13.8 Å². The van der Waals surface area contributed by atoms with Gasteiger partial charge >= 0.3 is 0 Å². The third-order valence-electron chi connectivity index (χ3n) is 5.97. The van der Waals surface area contributed by atoms with Crippen molar-refractivity contribution in [3.63, 3.8) is 0 Å². The van der Waals surface area contributed by atoms with E-state index in [1.54, 1.807) is 22.7 Å². The number of aromatic nitrogens is 4. The second-order valence-electron chi connectivity index (χ2n) is 8.19. The van der Waals surface area contributed by atoms with Crippen LogP contribution < -0.4 is 0 Å². The molecule has 0 aromatic carbocycles. The van der Waals surface area contributed by atoms with Crippen molar-refractivity contribution >= 4 is 40.2 Å². The molecule has 0 N–H and O–H groups in total. The maximum atomic E-state index is 13.2. The largest absolute Gasteiger partial charge is 0.376 e. The van der Waals surface area contributed by atoms with Crippen molar-refractivity contribution in [1.82, 2.24) is 19.3 Å². The summed E-state index contributed by atoms with van der Waals surface area (Å²) in [6.45, 7) is 6.42. The fraction of sp³-hybridized carbons (Fsp3) is 0.375. The molecule has 6 nitrogen and oxygen atoms in total. The average molecular weight is 499 g/mol. The molecule has 0 saturated carbocycles. The molecule has 1 aliphatic rings. The number of carbonyl (C=O) groups is 1. The summed E-state index contributed by atoms with van der Waals surface area (Å²) in [4.78, 5) is 15.6. The monoisotopic (exact) mass is 498 g/mol. The quantitative estimate of drug-likeness (QED) is 0.219. The number of aryl methyl sites for hydroxylation is 1. The third kappa shape index (κ3) is 4.87. The first kappa shape index (κ1) is 22.6. The first-order chi connectivity index (χ1) is 16.1. The molecule has 1 aliphatic heterocycles. The number of ketones is 1. The van der Waals surface area contributed by atoms with Crippen molar-refractivity contribution in [2.75, 3.05) is 12.4 Å². The molecule has 1 fully saturated rings. The van der Waals surface area contributed by atoms with E-state index in [0.29, 0.717) is 12.3 Å². The Morgan fingerprint density at radius 1 is 1.18 bits per heavy atom. The topological polar surface area (TPSA) is 61.9 Å². The zero-order valence-electron chi connectivity index (χ0n) is 18.7. The second-order valence-corrected chi connectivity index (χ2v) is 11.1. The molecule has 172 valence electrons. The van der Waals surface area contributed by atoms with E-state index in [2.05, 4.69) is 49.8 Å². The Kier molecular flexibility index (Phi) is 6.82. The van der Waals surface area contributed by atoms with Crippen LogP contribution in [0.2, 0.25) is 0 Å². The van der Waals surface area contributed by atoms with Crippen LogP contribution in [0.1, 0.15) is 39.5 Å². The number of carbonyl (C=O) groups excluding carboxylic acids is 1. The highest BCUT2D eigenvalue weighted by atomic mass is 32.2. The number of thioether (sulfide) groups is 1. The van der Waals surface area contributed by atoms with Crippen molar-refractivity contribution < 1.29 is 9.53 Å². The summed E-state index contributed by atoms with van der Waals surface area (Å²) in [7, 11) is 0. The van der Waals surface area contributed by atoms with Crippen molar-refractivity contribution in [2.45, 2.75) is 51.0 Å². The summed E-state index contributed by atoms with van der Waals surface area (Å²) < 4.78 is 10.2. The normalized spacial score (nSPS) is 16.0. The Bertz CT molecular complexity index is 1220. The summed E-state index contributed by atoms with van der Waals surface area (Å²) in [6, 6.07) is 10.3. The van der Waals surface area contributed by atoms with Gasteiger partial charge in [0.15, 0.2) is 16.8 Å². The lowest BCUT2D eigenvalue weighted by Gasteiger charge is -2.14. The number of Topliss-reactive ketones (excluding diaryl/α,β-unsaturated/α-hetero) is 1. The number of nitrogens with zero attached hydrogens (tertiary/aromatic N) is 4. The van der Waals surface area contributed by atoms with Gasteiger partial charge < -0.3 is 9.30 Å². The Balaban J connectivity index is 1.33. The minimum absolute atomic E-state index is 0.120. The van der Waals surface area contributed by atoms with E-state index in [1.165, 1.54) is 16.6 Å². The summed E-state index contributed by atoms with van der Waals surface area (Å²) >= 11 is 4.85. The van der Waals surface area contributed by atoms with Crippen LogP contribution in [0.25, 0.3) is 10.7 Å².